The van der Waals surface area contributed by atoms with Crippen molar-refractivity contribution in [1.29, 1.82) is 0 Å². The summed E-state index contributed by atoms with van der Waals surface area (Å²) < 4.78 is 11.2. The quantitative estimate of drug-likeness (QED) is 0.559. The molecule has 2 aromatic heterocycles. The number of benzene rings is 2. The normalized spacial score (nSPS) is 10.9. The van der Waals surface area contributed by atoms with E-state index in [1.165, 1.54) is 6.26 Å². The zero-order valence-electron chi connectivity index (χ0n) is 14.8. The van der Waals surface area contributed by atoms with Crippen LogP contribution in [0.15, 0.2) is 92.7 Å². The SMILES string of the molecule is O=C(Cn1nc(-c2ccco2)oc1=O)NC(c1ccccc1)c1ccccc1. The van der Waals surface area contributed by atoms with E-state index < -0.39 is 5.76 Å². The molecule has 0 atom stereocenters. The van der Waals surface area contributed by atoms with E-state index in [-0.39, 0.29) is 24.4 Å². The fraction of sp³-hybridized carbons (Fsp3) is 0.0952. The van der Waals surface area contributed by atoms with Gasteiger partial charge in [0.15, 0.2) is 5.76 Å². The molecule has 0 aliphatic heterocycles. The van der Waals surface area contributed by atoms with E-state index in [1.807, 2.05) is 60.7 Å². The van der Waals surface area contributed by atoms with Gasteiger partial charge in [0, 0.05) is 0 Å². The molecule has 0 spiro atoms. The summed E-state index contributed by atoms with van der Waals surface area (Å²) >= 11 is 0. The van der Waals surface area contributed by atoms with Crippen LogP contribution < -0.4 is 11.1 Å². The average Bonchev–Trinajstić information content (AvgIpc) is 3.38. The molecule has 0 aliphatic rings. The number of nitrogens with one attached hydrogen (secondary N) is 1. The summed E-state index contributed by atoms with van der Waals surface area (Å²) in [5.74, 6) is -0.732. The largest absolute Gasteiger partial charge is 0.459 e. The molecule has 0 saturated carbocycles. The second-order valence-electron chi connectivity index (χ2n) is 6.13. The molecule has 140 valence electrons. The van der Waals surface area contributed by atoms with Crippen LogP contribution in [0.3, 0.4) is 0 Å². The first-order valence-electron chi connectivity index (χ1n) is 8.72. The van der Waals surface area contributed by atoms with Crippen LogP contribution in [-0.2, 0) is 11.3 Å². The number of hydrogen-bond donors (Lipinski definition) is 1. The number of amides is 1. The molecule has 2 aromatic carbocycles. The van der Waals surface area contributed by atoms with Gasteiger partial charge in [-0.25, -0.2) is 4.79 Å². The van der Waals surface area contributed by atoms with Gasteiger partial charge in [0.2, 0.25) is 5.91 Å². The minimum atomic E-state index is -0.725. The highest BCUT2D eigenvalue weighted by atomic mass is 16.4. The lowest BCUT2D eigenvalue weighted by molar-refractivity contribution is -0.122. The summed E-state index contributed by atoms with van der Waals surface area (Å²) in [6.07, 6.45) is 1.45. The van der Waals surface area contributed by atoms with Gasteiger partial charge in [0.25, 0.3) is 5.89 Å². The van der Waals surface area contributed by atoms with Crippen molar-refractivity contribution >= 4 is 5.91 Å². The number of rotatable bonds is 6. The van der Waals surface area contributed by atoms with Crippen molar-refractivity contribution in [2.24, 2.45) is 0 Å². The Morgan fingerprint density at radius 2 is 1.61 bits per heavy atom. The molecule has 0 bridgehead atoms. The summed E-state index contributed by atoms with van der Waals surface area (Å²) in [7, 11) is 0. The van der Waals surface area contributed by atoms with E-state index in [4.69, 9.17) is 8.83 Å². The van der Waals surface area contributed by atoms with Crippen LogP contribution in [0.4, 0.5) is 0 Å². The number of nitrogens with zero attached hydrogens (tertiary/aromatic N) is 2. The molecule has 7 heteroatoms. The van der Waals surface area contributed by atoms with E-state index in [9.17, 15) is 9.59 Å². The maximum absolute atomic E-state index is 12.6. The average molecular weight is 375 g/mol. The smallest absolute Gasteiger partial charge is 0.437 e. The Hall–Kier alpha value is -3.87. The maximum Gasteiger partial charge on any atom is 0.437 e. The Morgan fingerprint density at radius 3 is 2.18 bits per heavy atom. The van der Waals surface area contributed by atoms with Crippen molar-refractivity contribution in [3.8, 4) is 11.7 Å². The van der Waals surface area contributed by atoms with Crippen molar-refractivity contribution in [2.75, 3.05) is 0 Å². The highest BCUT2D eigenvalue weighted by molar-refractivity contribution is 5.76. The van der Waals surface area contributed by atoms with Gasteiger partial charge in [-0.1, -0.05) is 60.7 Å². The van der Waals surface area contributed by atoms with Gasteiger partial charge in [-0.15, -0.1) is 5.10 Å². The third-order valence-electron chi connectivity index (χ3n) is 4.20. The second-order valence-corrected chi connectivity index (χ2v) is 6.13. The molecule has 2 heterocycles. The highest BCUT2D eigenvalue weighted by Crippen LogP contribution is 2.21. The lowest BCUT2D eigenvalue weighted by Crippen LogP contribution is -2.34. The molecule has 4 rings (SSSR count). The predicted molar refractivity (Wildman–Crippen MR) is 101 cm³/mol. The maximum atomic E-state index is 12.6. The molecule has 7 nitrogen and oxygen atoms in total. The summed E-state index contributed by atoms with van der Waals surface area (Å²) in [5.41, 5.74) is 1.87. The third kappa shape index (κ3) is 3.78. The standard InChI is InChI=1S/C21H17N3O4/c25-18(14-24-21(26)28-20(23-24)17-12-7-13-27-17)22-19(15-8-3-1-4-9-15)16-10-5-2-6-11-16/h1-13,19H,14H2,(H,22,25). The van der Waals surface area contributed by atoms with Crippen molar-refractivity contribution < 1.29 is 13.6 Å². The fourth-order valence-corrected chi connectivity index (χ4v) is 2.90. The molecular weight excluding hydrogens is 358 g/mol. The Kier molecular flexibility index (Phi) is 4.88. The van der Waals surface area contributed by atoms with Crippen molar-refractivity contribution in [3.63, 3.8) is 0 Å². The molecular formula is C21H17N3O4. The van der Waals surface area contributed by atoms with E-state index >= 15 is 0 Å². The van der Waals surface area contributed by atoms with Gasteiger partial charge >= 0.3 is 5.76 Å². The third-order valence-corrected chi connectivity index (χ3v) is 4.20. The molecule has 4 aromatic rings. The summed E-state index contributed by atoms with van der Waals surface area (Å²) in [5, 5.41) is 6.99. The lowest BCUT2D eigenvalue weighted by Gasteiger charge is -2.19. The monoisotopic (exact) mass is 375 g/mol. The summed E-state index contributed by atoms with van der Waals surface area (Å²) in [4.78, 5) is 24.7. The van der Waals surface area contributed by atoms with Crippen LogP contribution in [0.1, 0.15) is 17.2 Å². The van der Waals surface area contributed by atoms with E-state index in [0.29, 0.717) is 5.76 Å². The minimum absolute atomic E-state index is 0.0328. The molecule has 0 saturated heterocycles. The Labute approximate surface area is 160 Å². The molecule has 0 radical (unpaired) electrons. The van der Waals surface area contributed by atoms with E-state index in [2.05, 4.69) is 10.4 Å². The highest BCUT2D eigenvalue weighted by Gasteiger charge is 2.19. The number of furan rings is 1. The Balaban J connectivity index is 1.55. The first-order chi connectivity index (χ1) is 13.7. The number of carbonyl (C=O) groups excluding carboxylic acids is 1. The first kappa shape index (κ1) is 17.5. The van der Waals surface area contributed by atoms with Gasteiger partial charge in [-0.3, -0.25) is 4.79 Å². The number of aromatic nitrogens is 2. The lowest BCUT2D eigenvalue weighted by atomic mass is 9.99. The van der Waals surface area contributed by atoms with E-state index in [0.717, 1.165) is 15.8 Å². The summed E-state index contributed by atoms with van der Waals surface area (Å²) in [6.45, 7) is -0.265. The van der Waals surface area contributed by atoms with Crippen molar-refractivity contribution in [2.45, 2.75) is 12.6 Å². The van der Waals surface area contributed by atoms with Gasteiger partial charge in [-0.05, 0) is 23.3 Å². The van der Waals surface area contributed by atoms with Crippen LogP contribution in [0.2, 0.25) is 0 Å². The molecule has 0 unspecified atom stereocenters. The molecule has 1 amide bonds. The zero-order valence-corrected chi connectivity index (χ0v) is 14.8. The number of carbonyl (C=O) groups is 1. The molecule has 0 aliphatic carbocycles. The van der Waals surface area contributed by atoms with Gasteiger partial charge in [0.1, 0.15) is 6.54 Å². The first-order valence-corrected chi connectivity index (χ1v) is 8.72. The zero-order chi connectivity index (χ0) is 19.3. The van der Waals surface area contributed by atoms with Gasteiger partial charge < -0.3 is 14.2 Å². The van der Waals surface area contributed by atoms with Crippen LogP contribution in [0.5, 0.6) is 0 Å². The van der Waals surface area contributed by atoms with Crippen LogP contribution in [-0.4, -0.2) is 15.7 Å². The van der Waals surface area contributed by atoms with Crippen LogP contribution >= 0.6 is 0 Å². The van der Waals surface area contributed by atoms with Crippen LogP contribution in [0.25, 0.3) is 11.7 Å². The predicted octanol–water partition coefficient (Wildman–Crippen LogP) is 3.00. The number of hydrogen-bond acceptors (Lipinski definition) is 5. The minimum Gasteiger partial charge on any atom is -0.459 e. The summed E-state index contributed by atoms with van der Waals surface area (Å²) in [6, 6.07) is 22.2. The topological polar surface area (TPSA) is 90.3 Å². The second kappa shape index (κ2) is 7.79. The molecule has 28 heavy (non-hydrogen) atoms. The van der Waals surface area contributed by atoms with Gasteiger partial charge in [-0.2, -0.15) is 4.68 Å². The van der Waals surface area contributed by atoms with Crippen molar-refractivity contribution in [3.05, 3.63) is 101 Å². The Morgan fingerprint density at radius 1 is 0.964 bits per heavy atom. The fourth-order valence-electron chi connectivity index (χ4n) is 2.90. The van der Waals surface area contributed by atoms with Crippen molar-refractivity contribution in [1.82, 2.24) is 15.1 Å². The van der Waals surface area contributed by atoms with Gasteiger partial charge in [0.05, 0.1) is 12.3 Å². The Bertz CT molecular complexity index is 1060. The van der Waals surface area contributed by atoms with Crippen LogP contribution in [0, 0.1) is 0 Å². The molecule has 1 N–H and O–H groups in total. The van der Waals surface area contributed by atoms with E-state index in [1.54, 1.807) is 12.1 Å². The molecule has 0 fully saturated rings.